The number of hydrogen-bond donors (Lipinski definition) is 2. The first-order valence-electron chi connectivity index (χ1n) is 5.61. The Morgan fingerprint density at radius 2 is 2.21 bits per heavy atom. The number of sulfonamides is 1. The second-order valence-electron chi connectivity index (χ2n) is 3.89. The number of pyridine rings is 1. The first-order chi connectivity index (χ1) is 8.99. The number of rotatable bonds is 5. The van der Waals surface area contributed by atoms with Gasteiger partial charge in [-0.15, -0.1) is 0 Å². The highest BCUT2D eigenvalue weighted by molar-refractivity contribution is 7.91. The van der Waals surface area contributed by atoms with Crippen LogP contribution >= 0.6 is 11.3 Å². The minimum Gasteiger partial charge on any atom is -0.375 e. The number of aromatic nitrogens is 2. The van der Waals surface area contributed by atoms with Crippen molar-refractivity contribution < 1.29 is 8.42 Å². The lowest BCUT2D eigenvalue weighted by molar-refractivity contribution is 0.582. The van der Waals surface area contributed by atoms with Crippen molar-refractivity contribution in [1.82, 2.24) is 14.7 Å². The minimum atomic E-state index is -3.54. The number of nitrogens with two attached hydrogens (primary N) is 1. The van der Waals surface area contributed by atoms with E-state index in [1.54, 1.807) is 13.1 Å². The van der Waals surface area contributed by atoms with Gasteiger partial charge in [-0.3, -0.25) is 4.98 Å². The molecule has 8 heteroatoms. The van der Waals surface area contributed by atoms with Crippen LogP contribution in [0.25, 0.3) is 0 Å². The third-order valence-electron chi connectivity index (χ3n) is 2.41. The SMILES string of the molecule is Cc1nc(N)sc1S(=O)(=O)NCCc1ccccn1. The molecular formula is C11H14N4O2S2. The van der Waals surface area contributed by atoms with Crippen molar-refractivity contribution in [3.63, 3.8) is 0 Å². The zero-order valence-electron chi connectivity index (χ0n) is 10.3. The molecule has 0 aliphatic carbocycles. The van der Waals surface area contributed by atoms with Gasteiger partial charge in [0, 0.05) is 24.9 Å². The average molecular weight is 298 g/mol. The summed E-state index contributed by atoms with van der Waals surface area (Å²) in [4.78, 5) is 8.04. The Morgan fingerprint density at radius 3 is 2.79 bits per heavy atom. The molecule has 19 heavy (non-hydrogen) atoms. The van der Waals surface area contributed by atoms with E-state index >= 15 is 0 Å². The summed E-state index contributed by atoms with van der Waals surface area (Å²) in [5.41, 5.74) is 6.76. The second-order valence-corrected chi connectivity index (χ2v) is 6.89. The molecule has 3 N–H and O–H groups in total. The maximum Gasteiger partial charge on any atom is 0.252 e. The molecule has 0 radical (unpaired) electrons. The van der Waals surface area contributed by atoms with Gasteiger partial charge in [-0.1, -0.05) is 17.4 Å². The molecule has 2 heterocycles. The summed E-state index contributed by atoms with van der Waals surface area (Å²) in [6.07, 6.45) is 2.21. The lowest BCUT2D eigenvalue weighted by Gasteiger charge is -2.04. The van der Waals surface area contributed by atoms with E-state index in [9.17, 15) is 8.42 Å². The van der Waals surface area contributed by atoms with Crippen LogP contribution < -0.4 is 10.5 Å². The molecule has 2 aromatic heterocycles. The van der Waals surface area contributed by atoms with Gasteiger partial charge >= 0.3 is 0 Å². The van der Waals surface area contributed by atoms with E-state index in [1.165, 1.54) is 0 Å². The fourth-order valence-electron chi connectivity index (χ4n) is 1.58. The largest absolute Gasteiger partial charge is 0.375 e. The summed E-state index contributed by atoms with van der Waals surface area (Å²) in [6, 6.07) is 5.53. The lowest BCUT2D eigenvalue weighted by Crippen LogP contribution is -2.26. The topological polar surface area (TPSA) is 98.0 Å². The molecular weight excluding hydrogens is 284 g/mol. The summed E-state index contributed by atoms with van der Waals surface area (Å²) in [6.45, 7) is 1.91. The number of nitrogens with one attached hydrogen (secondary N) is 1. The van der Waals surface area contributed by atoms with Crippen LogP contribution in [-0.2, 0) is 16.4 Å². The van der Waals surface area contributed by atoms with Gasteiger partial charge in [0.15, 0.2) is 9.34 Å². The fourth-order valence-corrected chi connectivity index (χ4v) is 3.95. The molecule has 0 aliphatic rings. The lowest BCUT2D eigenvalue weighted by atomic mass is 10.3. The quantitative estimate of drug-likeness (QED) is 0.856. The van der Waals surface area contributed by atoms with Crippen molar-refractivity contribution >= 4 is 26.5 Å². The smallest absolute Gasteiger partial charge is 0.252 e. The van der Waals surface area contributed by atoms with Gasteiger partial charge in [-0.2, -0.15) is 0 Å². The van der Waals surface area contributed by atoms with Crippen molar-refractivity contribution in [3.8, 4) is 0 Å². The van der Waals surface area contributed by atoms with Crippen LogP contribution in [0, 0.1) is 6.92 Å². The standard InChI is InChI=1S/C11H14N4O2S2/c1-8-10(18-11(12)15-8)19(16,17)14-7-5-9-4-2-3-6-13-9/h2-4,6,14H,5,7H2,1H3,(H2,12,15). The number of aryl methyl sites for hydroxylation is 1. The fraction of sp³-hybridized carbons (Fsp3) is 0.273. The Kier molecular flexibility index (Phi) is 4.13. The van der Waals surface area contributed by atoms with Crippen molar-refractivity contribution in [2.24, 2.45) is 0 Å². The van der Waals surface area contributed by atoms with Crippen molar-refractivity contribution in [2.45, 2.75) is 17.6 Å². The molecule has 2 rings (SSSR count). The van der Waals surface area contributed by atoms with E-state index < -0.39 is 10.0 Å². The van der Waals surface area contributed by atoms with E-state index in [0.717, 1.165) is 17.0 Å². The number of anilines is 1. The molecule has 0 saturated heterocycles. The summed E-state index contributed by atoms with van der Waals surface area (Å²) >= 11 is 0.968. The monoisotopic (exact) mass is 298 g/mol. The maximum absolute atomic E-state index is 12.0. The Balaban J connectivity index is 2.01. The molecule has 0 saturated carbocycles. The van der Waals surface area contributed by atoms with Crippen LogP contribution in [0.3, 0.4) is 0 Å². The zero-order valence-corrected chi connectivity index (χ0v) is 12.0. The average Bonchev–Trinajstić information content (AvgIpc) is 2.70. The highest BCUT2D eigenvalue weighted by atomic mass is 32.2. The van der Waals surface area contributed by atoms with Crippen molar-refractivity contribution in [3.05, 3.63) is 35.8 Å². The van der Waals surface area contributed by atoms with E-state index in [4.69, 9.17) is 5.73 Å². The number of hydrogen-bond acceptors (Lipinski definition) is 6. The maximum atomic E-state index is 12.0. The van der Waals surface area contributed by atoms with Gasteiger partial charge in [0.2, 0.25) is 0 Å². The zero-order chi connectivity index (χ0) is 13.9. The first kappa shape index (κ1) is 13.9. The van der Waals surface area contributed by atoms with Crippen molar-refractivity contribution in [2.75, 3.05) is 12.3 Å². The van der Waals surface area contributed by atoms with Gasteiger partial charge in [-0.05, 0) is 19.1 Å². The Labute approximate surface area is 115 Å². The van der Waals surface area contributed by atoms with E-state index in [0.29, 0.717) is 12.1 Å². The van der Waals surface area contributed by atoms with Crippen LogP contribution in [0.15, 0.2) is 28.6 Å². The van der Waals surface area contributed by atoms with Crippen LogP contribution in [0.2, 0.25) is 0 Å². The van der Waals surface area contributed by atoms with Gasteiger partial charge in [0.1, 0.15) is 0 Å². The highest BCUT2D eigenvalue weighted by Gasteiger charge is 2.20. The van der Waals surface area contributed by atoms with Crippen molar-refractivity contribution in [1.29, 1.82) is 0 Å². The van der Waals surface area contributed by atoms with Gasteiger partial charge in [0.25, 0.3) is 10.0 Å². The Morgan fingerprint density at radius 1 is 1.42 bits per heavy atom. The van der Waals surface area contributed by atoms with Crippen LogP contribution in [0.4, 0.5) is 5.13 Å². The number of thiazole rings is 1. The second kappa shape index (κ2) is 5.64. The summed E-state index contributed by atoms with van der Waals surface area (Å²) in [5, 5.41) is 0.252. The molecule has 0 aliphatic heterocycles. The third kappa shape index (κ3) is 3.49. The first-order valence-corrected chi connectivity index (χ1v) is 7.91. The molecule has 0 atom stereocenters. The Hall–Kier alpha value is -1.51. The predicted molar refractivity (Wildman–Crippen MR) is 74.4 cm³/mol. The molecule has 0 amide bonds. The van der Waals surface area contributed by atoms with Crippen LogP contribution in [-0.4, -0.2) is 24.9 Å². The molecule has 0 aromatic carbocycles. The highest BCUT2D eigenvalue weighted by Crippen LogP contribution is 2.24. The van der Waals surface area contributed by atoms with Gasteiger partial charge < -0.3 is 5.73 Å². The van der Waals surface area contributed by atoms with Crippen LogP contribution in [0.5, 0.6) is 0 Å². The number of nitrogen functional groups attached to an aromatic ring is 1. The van der Waals surface area contributed by atoms with Crippen LogP contribution in [0.1, 0.15) is 11.4 Å². The molecule has 0 unspecified atom stereocenters. The minimum absolute atomic E-state index is 0.172. The summed E-state index contributed by atoms with van der Waals surface area (Å²) < 4.78 is 26.8. The predicted octanol–water partition coefficient (Wildman–Crippen LogP) is 0.950. The molecule has 6 nitrogen and oxygen atoms in total. The molecule has 102 valence electrons. The Bertz CT molecular complexity index is 653. The van der Waals surface area contributed by atoms with E-state index in [2.05, 4.69) is 14.7 Å². The van der Waals surface area contributed by atoms with E-state index in [-0.39, 0.29) is 15.9 Å². The molecule has 0 bridgehead atoms. The third-order valence-corrected chi connectivity index (χ3v) is 5.47. The number of nitrogens with zero attached hydrogens (tertiary/aromatic N) is 2. The normalized spacial score (nSPS) is 11.6. The van der Waals surface area contributed by atoms with Gasteiger partial charge in [0.05, 0.1) is 5.69 Å². The molecule has 0 spiro atoms. The summed E-state index contributed by atoms with van der Waals surface area (Å²) in [5.74, 6) is 0. The molecule has 2 aromatic rings. The molecule has 0 fully saturated rings. The van der Waals surface area contributed by atoms with E-state index in [1.807, 2.05) is 18.2 Å². The van der Waals surface area contributed by atoms with Gasteiger partial charge in [-0.25, -0.2) is 18.1 Å². The summed E-state index contributed by atoms with van der Waals surface area (Å²) in [7, 11) is -3.54.